The molecule has 19 heavy (non-hydrogen) atoms. The summed E-state index contributed by atoms with van der Waals surface area (Å²) in [6, 6.07) is 4.51. The van der Waals surface area contributed by atoms with Gasteiger partial charge in [0.05, 0.1) is 24.8 Å². The number of para-hydroxylation sites is 1. The summed E-state index contributed by atoms with van der Waals surface area (Å²) in [4.78, 5) is 4.06. The standard InChI is InChI=1S/C14H17FN2O2/c1-2-6-17-10-16-7-12(17)9-19-14-11(8-18)4-3-5-13(14)15/h3-5,7,10,18H,2,6,8-9H2,1H3. The van der Waals surface area contributed by atoms with Crippen LogP contribution in [0.15, 0.2) is 30.7 Å². The lowest BCUT2D eigenvalue weighted by Crippen LogP contribution is -2.07. The van der Waals surface area contributed by atoms with Crippen molar-refractivity contribution >= 4 is 0 Å². The van der Waals surface area contributed by atoms with Gasteiger partial charge in [0.15, 0.2) is 11.6 Å². The third kappa shape index (κ3) is 3.12. The molecule has 1 aromatic heterocycles. The van der Waals surface area contributed by atoms with E-state index in [0.717, 1.165) is 18.7 Å². The lowest BCUT2D eigenvalue weighted by Gasteiger charge is -2.12. The number of aryl methyl sites for hydroxylation is 1. The van der Waals surface area contributed by atoms with Gasteiger partial charge in [-0.1, -0.05) is 19.1 Å². The zero-order chi connectivity index (χ0) is 13.7. The fourth-order valence-electron chi connectivity index (χ4n) is 1.90. The van der Waals surface area contributed by atoms with Gasteiger partial charge in [0, 0.05) is 12.1 Å². The van der Waals surface area contributed by atoms with Crippen molar-refractivity contribution < 1.29 is 14.2 Å². The number of nitrogens with zero attached hydrogens (tertiary/aromatic N) is 2. The number of benzene rings is 1. The third-order valence-electron chi connectivity index (χ3n) is 2.85. The number of ether oxygens (including phenoxy) is 1. The molecule has 0 radical (unpaired) electrons. The lowest BCUT2D eigenvalue weighted by atomic mass is 10.2. The fourth-order valence-corrected chi connectivity index (χ4v) is 1.90. The summed E-state index contributed by atoms with van der Waals surface area (Å²) >= 11 is 0. The smallest absolute Gasteiger partial charge is 0.165 e. The summed E-state index contributed by atoms with van der Waals surface area (Å²) in [6.45, 7) is 2.91. The van der Waals surface area contributed by atoms with Crippen molar-refractivity contribution in [1.29, 1.82) is 0 Å². The van der Waals surface area contributed by atoms with Crippen molar-refractivity contribution in [1.82, 2.24) is 9.55 Å². The molecule has 0 saturated heterocycles. The summed E-state index contributed by atoms with van der Waals surface area (Å²) in [5, 5.41) is 9.17. The highest BCUT2D eigenvalue weighted by Gasteiger charge is 2.10. The summed E-state index contributed by atoms with van der Waals surface area (Å²) < 4.78 is 21.1. The van der Waals surface area contributed by atoms with E-state index < -0.39 is 5.82 Å². The first-order valence-corrected chi connectivity index (χ1v) is 6.26. The molecular weight excluding hydrogens is 247 g/mol. The highest BCUT2D eigenvalue weighted by atomic mass is 19.1. The quantitative estimate of drug-likeness (QED) is 0.872. The van der Waals surface area contributed by atoms with Crippen LogP contribution >= 0.6 is 0 Å². The minimum absolute atomic E-state index is 0.106. The van der Waals surface area contributed by atoms with Gasteiger partial charge in [0.1, 0.15) is 6.61 Å². The van der Waals surface area contributed by atoms with Crippen LogP contribution in [0.1, 0.15) is 24.6 Å². The second kappa shape index (κ2) is 6.33. The Morgan fingerprint density at radius 3 is 3.00 bits per heavy atom. The van der Waals surface area contributed by atoms with Crippen molar-refractivity contribution in [2.75, 3.05) is 0 Å². The van der Waals surface area contributed by atoms with Gasteiger partial charge in [-0.05, 0) is 12.5 Å². The van der Waals surface area contributed by atoms with E-state index in [0.29, 0.717) is 5.56 Å². The Bertz CT molecular complexity index is 540. The molecule has 102 valence electrons. The van der Waals surface area contributed by atoms with Gasteiger partial charge < -0.3 is 14.4 Å². The zero-order valence-corrected chi connectivity index (χ0v) is 10.8. The molecule has 1 aromatic carbocycles. The van der Waals surface area contributed by atoms with Gasteiger partial charge in [-0.25, -0.2) is 9.37 Å². The molecule has 0 unspecified atom stereocenters. The van der Waals surface area contributed by atoms with E-state index >= 15 is 0 Å². The molecule has 2 aromatic rings. The van der Waals surface area contributed by atoms with Gasteiger partial charge in [0.25, 0.3) is 0 Å². The highest BCUT2D eigenvalue weighted by Crippen LogP contribution is 2.23. The van der Waals surface area contributed by atoms with Crippen LogP contribution in [0.4, 0.5) is 4.39 Å². The van der Waals surface area contributed by atoms with Gasteiger partial charge in [-0.3, -0.25) is 0 Å². The van der Waals surface area contributed by atoms with E-state index in [2.05, 4.69) is 11.9 Å². The molecule has 0 aliphatic rings. The molecule has 0 fully saturated rings. The first-order valence-electron chi connectivity index (χ1n) is 6.26. The van der Waals surface area contributed by atoms with Crippen LogP contribution < -0.4 is 4.74 Å². The van der Waals surface area contributed by atoms with E-state index in [1.54, 1.807) is 24.7 Å². The Morgan fingerprint density at radius 2 is 2.26 bits per heavy atom. The molecular formula is C14H17FN2O2. The van der Waals surface area contributed by atoms with Crippen LogP contribution in [-0.4, -0.2) is 14.7 Å². The number of aliphatic hydroxyl groups excluding tert-OH is 1. The normalized spacial score (nSPS) is 10.7. The largest absolute Gasteiger partial charge is 0.484 e. The molecule has 0 atom stereocenters. The summed E-state index contributed by atoms with van der Waals surface area (Å²) in [6.07, 6.45) is 4.43. The topological polar surface area (TPSA) is 47.3 Å². The number of imidazole rings is 1. The molecule has 5 heteroatoms. The molecule has 0 bridgehead atoms. The van der Waals surface area contributed by atoms with Crippen LogP contribution in [-0.2, 0) is 19.8 Å². The molecule has 0 saturated carbocycles. The fraction of sp³-hybridized carbons (Fsp3) is 0.357. The molecule has 0 spiro atoms. The summed E-state index contributed by atoms with van der Waals surface area (Å²) in [7, 11) is 0. The Balaban J connectivity index is 2.12. The van der Waals surface area contributed by atoms with E-state index in [1.807, 2.05) is 4.57 Å². The number of rotatable bonds is 6. The maximum Gasteiger partial charge on any atom is 0.165 e. The molecule has 2 rings (SSSR count). The maximum atomic E-state index is 13.7. The molecule has 4 nitrogen and oxygen atoms in total. The Kier molecular flexibility index (Phi) is 4.52. The summed E-state index contributed by atoms with van der Waals surface area (Å²) in [5.41, 5.74) is 1.33. The number of halogens is 1. The first-order chi connectivity index (χ1) is 9.26. The van der Waals surface area contributed by atoms with Crippen LogP contribution in [0, 0.1) is 5.82 Å². The minimum atomic E-state index is -0.465. The van der Waals surface area contributed by atoms with E-state index in [1.165, 1.54) is 6.07 Å². The van der Waals surface area contributed by atoms with E-state index in [4.69, 9.17) is 4.74 Å². The monoisotopic (exact) mass is 264 g/mol. The van der Waals surface area contributed by atoms with Gasteiger partial charge >= 0.3 is 0 Å². The predicted molar refractivity (Wildman–Crippen MR) is 69.2 cm³/mol. The van der Waals surface area contributed by atoms with Crippen LogP contribution in [0.25, 0.3) is 0 Å². The van der Waals surface area contributed by atoms with Crippen molar-refractivity contribution in [2.24, 2.45) is 0 Å². The van der Waals surface area contributed by atoms with Crippen LogP contribution in [0.3, 0.4) is 0 Å². The Hall–Kier alpha value is -1.88. The number of hydrogen-bond acceptors (Lipinski definition) is 3. The van der Waals surface area contributed by atoms with Gasteiger partial charge in [0.2, 0.25) is 0 Å². The van der Waals surface area contributed by atoms with Crippen molar-refractivity contribution in [3.05, 3.63) is 47.8 Å². The number of aliphatic hydroxyl groups is 1. The van der Waals surface area contributed by atoms with Gasteiger partial charge in [-0.15, -0.1) is 0 Å². The van der Waals surface area contributed by atoms with Crippen LogP contribution in [0.2, 0.25) is 0 Å². The second-order valence-electron chi connectivity index (χ2n) is 4.25. The average Bonchev–Trinajstić information content (AvgIpc) is 2.85. The number of hydrogen-bond donors (Lipinski definition) is 1. The maximum absolute atomic E-state index is 13.7. The molecule has 0 aliphatic carbocycles. The Morgan fingerprint density at radius 1 is 1.42 bits per heavy atom. The Labute approximate surface area is 111 Å². The van der Waals surface area contributed by atoms with E-state index in [9.17, 15) is 9.50 Å². The van der Waals surface area contributed by atoms with Gasteiger partial charge in [-0.2, -0.15) is 0 Å². The molecule has 1 heterocycles. The second-order valence-corrected chi connectivity index (χ2v) is 4.25. The van der Waals surface area contributed by atoms with Crippen LogP contribution in [0.5, 0.6) is 5.75 Å². The number of aromatic nitrogens is 2. The molecule has 0 amide bonds. The molecule has 1 N–H and O–H groups in total. The zero-order valence-electron chi connectivity index (χ0n) is 10.8. The average molecular weight is 264 g/mol. The van der Waals surface area contributed by atoms with Crippen molar-refractivity contribution in [3.63, 3.8) is 0 Å². The lowest BCUT2D eigenvalue weighted by molar-refractivity contribution is 0.247. The SMILES string of the molecule is CCCn1cncc1COc1c(F)cccc1CO. The third-order valence-corrected chi connectivity index (χ3v) is 2.85. The highest BCUT2D eigenvalue weighted by molar-refractivity contribution is 5.34. The summed E-state index contributed by atoms with van der Waals surface area (Å²) in [5.74, 6) is -0.359. The van der Waals surface area contributed by atoms with Crippen molar-refractivity contribution in [2.45, 2.75) is 33.1 Å². The predicted octanol–water partition coefficient (Wildman–Crippen LogP) is 2.50. The van der Waals surface area contributed by atoms with E-state index in [-0.39, 0.29) is 19.0 Å². The minimum Gasteiger partial charge on any atom is -0.484 e. The van der Waals surface area contributed by atoms with Crippen molar-refractivity contribution in [3.8, 4) is 5.75 Å². The molecule has 0 aliphatic heterocycles. The first kappa shape index (κ1) is 13.5.